The first-order valence-electron chi connectivity index (χ1n) is 4.13. The summed E-state index contributed by atoms with van der Waals surface area (Å²) >= 11 is 0. The average molecular weight is 169 g/mol. The van der Waals surface area contributed by atoms with Crippen LogP contribution in [0.4, 0.5) is 0 Å². The van der Waals surface area contributed by atoms with E-state index < -0.39 is 0 Å². The van der Waals surface area contributed by atoms with Gasteiger partial charge in [0.25, 0.3) is 0 Å². The topological polar surface area (TPSA) is 25.8 Å². The van der Waals surface area contributed by atoms with Crippen LogP contribution >= 0.6 is 0 Å². The Labute approximate surface area is 77.3 Å². The second-order valence-electron chi connectivity index (χ2n) is 2.80. The molecule has 0 aliphatic heterocycles. The van der Waals surface area contributed by atoms with Gasteiger partial charge in [-0.1, -0.05) is 30.3 Å². The largest absolute Gasteiger partial charge is 0.233 e. The van der Waals surface area contributed by atoms with E-state index in [0.717, 1.165) is 17.1 Å². The Hall–Kier alpha value is -1.70. The lowest BCUT2D eigenvalue weighted by atomic mass is 10.1. The van der Waals surface area contributed by atoms with Crippen LogP contribution in [0.5, 0.6) is 0 Å². The lowest BCUT2D eigenvalue weighted by Gasteiger charge is -1.99. The zero-order valence-electron chi connectivity index (χ0n) is 7.36. The summed E-state index contributed by atoms with van der Waals surface area (Å²) < 4.78 is 0. The SMILES string of the molecule is Cc1n[c]cc(-c2ccccc2)n1. The first-order valence-corrected chi connectivity index (χ1v) is 4.13. The average Bonchev–Trinajstić information content (AvgIpc) is 2.19. The molecule has 0 unspecified atom stereocenters. The van der Waals surface area contributed by atoms with Crippen molar-refractivity contribution in [2.45, 2.75) is 6.92 Å². The van der Waals surface area contributed by atoms with E-state index in [9.17, 15) is 0 Å². The lowest BCUT2D eigenvalue weighted by Crippen LogP contribution is -1.89. The van der Waals surface area contributed by atoms with Crippen LogP contribution in [-0.2, 0) is 0 Å². The van der Waals surface area contributed by atoms with Crippen molar-refractivity contribution in [3.05, 3.63) is 48.4 Å². The molecule has 0 spiro atoms. The number of nitrogens with zero attached hydrogens (tertiary/aromatic N) is 2. The van der Waals surface area contributed by atoms with Gasteiger partial charge in [0, 0.05) is 5.56 Å². The Balaban J connectivity index is 2.48. The zero-order chi connectivity index (χ0) is 9.10. The molecule has 13 heavy (non-hydrogen) atoms. The maximum atomic E-state index is 4.30. The second-order valence-corrected chi connectivity index (χ2v) is 2.80. The van der Waals surface area contributed by atoms with E-state index in [4.69, 9.17) is 0 Å². The number of benzene rings is 1. The fraction of sp³-hybridized carbons (Fsp3) is 0.0909. The van der Waals surface area contributed by atoms with Crippen LogP contribution in [0.1, 0.15) is 5.82 Å². The van der Waals surface area contributed by atoms with Gasteiger partial charge in [0.05, 0.1) is 11.9 Å². The Morgan fingerprint density at radius 3 is 2.62 bits per heavy atom. The van der Waals surface area contributed by atoms with E-state index in [1.54, 1.807) is 6.07 Å². The molecular weight excluding hydrogens is 160 g/mol. The zero-order valence-corrected chi connectivity index (χ0v) is 7.36. The highest BCUT2D eigenvalue weighted by Crippen LogP contribution is 2.14. The second kappa shape index (κ2) is 3.35. The van der Waals surface area contributed by atoms with Crippen LogP contribution in [0.15, 0.2) is 36.4 Å². The molecule has 0 N–H and O–H groups in total. The van der Waals surface area contributed by atoms with Crippen molar-refractivity contribution in [2.24, 2.45) is 0 Å². The summed E-state index contributed by atoms with van der Waals surface area (Å²) in [5, 5.41) is 0. The first kappa shape index (κ1) is 7.92. The van der Waals surface area contributed by atoms with Crippen molar-refractivity contribution in [1.82, 2.24) is 9.97 Å². The molecule has 2 aromatic rings. The molecule has 2 heteroatoms. The molecule has 2 nitrogen and oxygen atoms in total. The molecule has 0 aliphatic rings. The third kappa shape index (κ3) is 1.72. The number of hydrogen-bond donors (Lipinski definition) is 0. The van der Waals surface area contributed by atoms with Gasteiger partial charge in [0.15, 0.2) is 0 Å². The van der Waals surface area contributed by atoms with Crippen molar-refractivity contribution in [1.29, 1.82) is 0 Å². The lowest BCUT2D eigenvalue weighted by molar-refractivity contribution is 1.05. The van der Waals surface area contributed by atoms with E-state index in [2.05, 4.69) is 16.2 Å². The van der Waals surface area contributed by atoms with Crippen molar-refractivity contribution >= 4 is 0 Å². The van der Waals surface area contributed by atoms with Gasteiger partial charge in [0.1, 0.15) is 5.82 Å². The first-order chi connectivity index (χ1) is 6.36. The van der Waals surface area contributed by atoms with Crippen molar-refractivity contribution < 1.29 is 0 Å². The van der Waals surface area contributed by atoms with Gasteiger partial charge >= 0.3 is 0 Å². The molecule has 0 aliphatic carbocycles. The van der Waals surface area contributed by atoms with E-state index >= 15 is 0 Å². The Kier molecular flexibility index (Phi) is 2.04. The van der Waals surface area contributed by atoms with Crippen LogP contribution in [0.25, 0.3) is 11.3 Å². The summed E-state index contributed by atoms with van der Waals surface area (Å²) in [6, 6.07) is 11.8. The van der Waals surface area contributed by atoms with Gasteiger partial charge in [-0.2, -0.15) is 0 Å². The molecule has 0 bridgehead atoms. The summed E-state index contributed by atoms with van der Waals surface area (Å²) in [6.45, 7) is 1.86. The molecular formula is C11H9N2. The summed E-state index contributed by atoms with van der Waals surface area (Å²) in [7, 11) is 0. The van der Waals surface area contributed by atoms with Crippen LogP contribution in [-0.4, -0.2) is 9.97 Å². The summed E-state index contributed by atoms with van der Waals surface area (Å²) in [6.07, 6.45) is 2.82. The molecule has 0 saturated carbocycles. The fourth-order valence-electron chi connectivity index (χ4n) is 1.18. The minimum Gasteiger partial charge on any atom is -0.233 e. The standard InChI is InChI=1S/C11H9N2/c1-9-12-8-7-11(13-9)10-5-3-2-4-6-10/h2-7H,1H3. The van der Waals surface area contributed by atoms with Gasteiger partial charge in [-0.15, -0.1) is 0 Å². The van der Waals surface area contributed by atoms with Crippen LogP contribution in [0.3, 0.4) is 0 Å². The van der Waals surface area contributed by atoms with Gasteiger partial charge in [-0.05, 0) is 13.0 Å². The van der Waals surface area contributed by atoms with Crippen molar-refractivity contribution in [3.8, 4) is 11.3 Å². The fourth-order valence-corrected chi connectivity index (χ4v) is 1.18. The number of aryl methyl sites for hydroxylation is 1. The van der Waals surface area contributed by atoms with Gasteiger partial charge in [-0.25, -0.2) is 9.97 Å². The summed E-state index contributed by atoms with van der Waals surface area (Å²) in [5.41, 5.74) is 2.03. The predicted octanol–water partition coefficient (Wildman–Crippen LogP) is 2.25. The van der Waals surface area contributed by atoms with Gasteiger partial charge in [-0.3, -0.25) is 0 Å². The molecule has 0 fully saturated rings. The van der Waals surface area contributed by atoms with Gasteiger partial charge in [0.2, 0.25) is 0 Å². The molecule has 1 heterocycles. The van der Waals surface area contributed by atoms with Crippen molar-refractivity contribution in [2.75, 3.05) is 0 Å². The normalized spacial score (nSPS) is 9.92. The maximum Gasteiger partial charge on any atom is 0.126 e. The van der Waals surface area contributed by atoms with E-state index in [-0.39, 0.29) is 0 Å². The minimum absolute atomic E-state index is 0.751. The summed E-state index contributed by atoms with van der Waals surface area (Å²) in [4.78, 5) is 8.23. The molecule has 2 rings (SSSR count). The molecule has 0 atom stereocenters. The Bertz CT molecular complexity index is 396. The van der Waals surface area contributed by atoms with Crippen LogP contribution < -0.4 is 0 Å². The Morgan fingerprint density at radius 2 is 1.92 bits per heavy atom. The number of aromatic nitrogens is 2. The highest BCUT2D eigenvalue weighted by atomic mass is 14.9. The van der Waals surface area contributed by atoms with Crippen LogP contribution in [0.2, 0.25) is 0 Å². The molecule has 1 radical (unpaired) electrons. The highest BCUT2D eigenvalue weighted by molar-refractivity contribution is 5.57. The Morgan fingerprint density at radius 1 is 1.15 bits per heavy atom. The van der Waals surface area contributed by atoms with Gasteiger partial charge < -0.3 is 0 Å². The smallest absolute Gasteiger partial charge is 0.126 e. The maximum absolute atomic E-state index is 4.30. The summed E-state index contributed by atoms with van der Waals surface area (Å²) in [5.74, 6) is 0.751. The molecule has 0 saturated heterocycles. The highest BCUT2D eigenvalue weighted by Gasteiger charge is 1.97. The number of hydrogen-bond acceptors (Lipinski definition) is 2. The molecule has 1 aromatic heterocycles. The van der Waals surface area contributed by atoms with Crippen molar-refractivity contribution in [3.63, 3.8) is 0 Å². The third-order valence-corrected chi connectivity index (χ3v) is 1.78. The van der Waals surface area contributed by atoms with E-state index in [1.165, 1.54) is 0 Å². The molecule has 1 aromatic carbocycles. The van der Waals surface area contributed by atoms with E-state index in [1.807, 2.05) is 37.3 Å². The monoisotopic (exact) mass is 169 g/mol. The predicted molar refractivity (Wildman–Crippen MR) is 51.0 cm³/mol. The van der Waals surface area contributed by atoms with E-state index in [0.29, 0.717) is 0 Å². The minimum atomic E-state index is 0.751. The number of rotatable bonds is 1. The molecule has 63 valence electrons. The molecule has 0 amide bonds. The quantitative estimate of drug-likeness (QED) is 0.654. The third-order valence-electron chi connectivity index (χ3n) is 1.78. The van der Waals surface area contributed by atoms with Crippen LogP contribution in [0, 0.1) is 13.1 Å².